The number of ether oxygens (including phenoxy) is 1. The molecule has 2 aliphatic heterocycles. The third-order valence-electron chi connectivity index (χ3n) is 6.25. The Kier molecular flexibility index (Phi) is 5.19. The van der Waals surface area contributed by atoms with Crippen LogP contribution in [0.15, 0.2) is 94.6 Å². The van der Waals surface area contributed by atoms with Gasteiger partial charge in [0.1, 0.15) is 29.6 Å². The second-order valence-corrected chi connectivity index (χ2v) is 8.45. The second kappa shape index (κ2) is 8.65. The SMILES string of the molecule is Cc1nc2c(o1)C1COc3c(cccc31)-c1cccc3[nH]cc(c13)/C(O)=C/N=C2.c1ccccc1. The lowest BCUT2D eigenvalue weighted by Gasteiger charge is -2.11. The van der Waals surface area contributed by atoms with Gasteiger partial charge < -0.3 is 19.2 Å². The zero-order valence-electron chi connectivity index (χ0n) is 19.1. The van der Waals surface area contributed by atoms with Gasteiger partial charge in [0.05, 0.1) is 18.3 Å². The minimum atomic E-state index is -0.0594. The van der Waals surface area contributed by atoms with Crippen molar-refractivity contribution in [3.63, 3.8) is 0 Å². The number of aliphatic imine (C=N–C) groups is 1. The Hall–Kier alpha value is -4.58. The summed E-state index contributed by atoms with van der Waals surface area (Å²) in [5.74, 6) is 2.16. The number of aliphatic hydroxyl groups is 1. The van der Waals surface area contributed by atoms with E-state index < -0.39 is 0 Å². The molecule has 6 nitrogen and oxygen atoms in total. The van der Waals surface area contributed by atoms with Gasteiger partial charge in [0.2, 0.25) is 0 Å². The van der Waals surface area contributed by atoms with E-state index in [9.17, 15) is 5.11 Å². The highest BCUT2D eigenvalue weighted by atomic mass is 16.5. The van der Waals surface area contributed by atoms with Crippen molar-refractivity contribution in [2.24, 2.45) is 4.99 Å². The molecule has 35 heavy (non-hydrogen) atoms. The van der Waals surface area contributed by atoms with Crippen LogP contribution in [0.25, 0.3) is 27.8 Å². The topological polar surface area (TPSA) is 83.6 Å². The highest BCUT2D eigenvalue weighted by Gasteiger charge is 2.33. The molecule has 2 N–H and O–H groups in total. The number of hydrogen-bond acceptors (Lipinski definition) is 5. The average molecular weight is 462 g/mol. The van der Waals surface area contributed by atoms with E-state index in [2.05, 4.69) is 27.1 Å². The smallest absolute Gasteiger partial charge is 0.191 e. The van der Waals surface area contributed by atoms with Crippen LogP contribution in [0, 0.1) is 6.92 Å². The van der Waals surface area contributed by atoms with Gasteiger partial charge in [-0.05, 0) is 11.6 Å². The predicted octanol–water partition coefficient (Wildman–Crippen LogP) is 6.63. The van der Waals surface area contributed by atoms with Crippen molar-refractivity contribution in [3.05, 3.63) is 114 Å². The predicted molar refractivity (Wildman–Crippen MR) is 137 cm³/mol. The van der Waals surface area contributed by atoms with Gasteiger partial charge >= 0.3 is 0 Å². The van der Waals surface area contributed by atoms with E-state index in [-0.39, 0.29) is 11.7 Å². The van der Waals surface area contributed by atoms with Gasteiger partial charge in [-0.2, -0.15) is 0 Å². The maximum Gasteiger partial charge on any atom is 0.191 e. The molecule has 0 aliphatic carbocycles. The van der Waals surface area contributed by atoms with Gasteiger partial charge in [-0.1, -0.05) is 66.7 Å². The number of aryl methyl sites for hydroxylation is 1. The van der Waals surface area contributed by atoms with Crippen molar-refractivity contribution in [3.8, 4) is 16.9 Å². The van der Waals surface area contributed by atoms with Crippen LogP contribution in [0.2, 0.25) is 0 Å². The number of aromatic amines is 1. The van der Waals surface area contributed by atoms with E-state index in [1.165, 1.54) is 6.20 Å². The molecule has 2 aromatic heterocycles. The summed E-state index contributed by atoms with van der Waals surface area (Å²) in [7, 11) is 0. The largest absolute Gasteiger partial charge is 0.506 e. The highest BCUT2D eigenvalue weighted by molar-refractivity contribution is 6.03. The third-order valence-corrected chi connectivity index (χ3v) is 6.25. The molecule has 0 saturated carbocycles. The van der Waals surface area contributed by atoms with Crippen molar-refractivity contribution in [2.45, 2.75) is 12.8 Å². The number of rotatable bonds is 0. The van der Waals surface area contributed by atoms with E-state index in [1.807, 2.05) is 67.6 Å². The molecule has 0 radical (unpaired) electrons. The zero-order valence-corrected chi connectivity index (χ0v) is 19.1. The van der Waals surface area contributed by atoms with Crippen LogP contribution in [0.3, 0.4) is 0 Å². The Morgan fingerprint density at radius 3 is 2.46 bits per heavy atom. The number of nitrogens with one attached hydrogen (secondary N) is 1. The number of oxazole rings is 1. The summed E-state index contributed by atoms with van der Waals surface area (Å²) in [6.45, 7) is 2.30. The molecular weight excluding hydrogens is 438 g/mol. The molecule has 3 aromatic carbocycles. The van der Waals surface area contributed by atoms with Crippen molar-refractivity contribution < 1.29 is 14.3 Å². The first-order valence-corrected chi connectivity index (χ1v) is 11.5. The van der Waals surface area contributed by atoms with Crippen LogP contribution in [0.4, 0.5) is 0 Å². The highest BCUT2D eigenvalue weighted by Crippen LogP contribution is 2.47. The van der Waals surface area contributed by atoms with Gasteiger partial charge in [0, 0.05) is 40.7 Å². The maximum atomic E-state index is 10.7. The standard InChI is InChI=1S/C23H17N3O3.C6H6/c1-12-26-19-9-24-10-20(27)16-8-25-18-7-3-4-13(21(16)18)14-5-2-6-15-17(23(19)29-12)11-28-22(14)15;1-2-4-6-5-3-1/h2-10,17,25,27H,11H2,1H3;1-6H/b20-10-,24-9?;. The molecule has 1 unspecified atom stereocenters. The number of aromatic nitrogens is 2. The molecular formula is C29H23N3O3. The molecule has 0 spiro atoms. The van der Waals surface area contributed by atoms with Gasteiger partial charge in [-0.3, -0.25) is 4.99 Å². The van der Waals surface area contributed by atoms with Gasteiger partial charge in [-0.15, -0.1) is 0 Å². The average Bonchev–Trinajstić information content (AvgIpc) is 3.61. The Morgan fingerprint density at radius 1 is 0.914 bits per heavy atom. The van der Waals surface area contributed by atoms with E-state index in [4.69, 9.17) is 9.15 Å². The number of aliphatic hydroxyl groups excluding tert-OH is 1. The number of hydrogen-bond donors (Lipinski definition) is 2. The van der Waals surface area contributed by atoms with Crippen LogP contribution in [-0.4, -0.2) is 27.9 Å². The fourth-order valence-electron chi connectivity index (χ4n) is 4.72. The minimum absolute atomic E-state index is 0.0594. The van der Waals surface area contributed by atoms with Gasteiger partial charge in [0.15, 0.2) is 5.89 Å². The molecule has 4 bridgehead atoms. The summed E-state index contributed by atoms with van der Waals surface area (Å²) in [6, 6.07) is 24.2. The summed E-state index contributed by atoms with van der Waals surface area (Å²) in [5.41, 5.74) is 5.33. The number of nitrogens with zero attached hydrogens (tertiary/aromatic N) is 2. The monoisotopic (exact) mass is 461 g/mol. The normalized spacial score (nSPS) is 17.1. The lowest BCUT2D eigenvalue weighted by Crippen LogP contribution is -2.04. The quantitative estimate of drug-likeness (QED) is 0.271. The van der Waals surface area contributed by atoms with E-state index in [0.717, 1.165) is 39.1 Å². The van der Waals surface area contributed by atoms with Crippen molar-refractivity contribution in [2.75, 3.05) is 6.61 Å². The first-order valence-electron chi connectivity index (χ1n) is 11.5. The molecule has 2 aliphatic rings. The van der Waals surface area contributed by atoms with Crippen LogP contribution in [0.1, 0.15) is 34.4 Å². The van der Waals surface area contributed by atoms with Crippen molar-refractivity contribution >= 4 is 22.9 Å². The lowest BCUT2D eigenvalue weighted by atomic mass is 9.92. The zero-order chi connectivity index (χ0) is 23.8. The Labute approximate surface area is 202 Å². The Balaban J connectivity index is 0.000000336. The molecule has 0 fully saturated rings. The van der Waals surface area contributed by atoms with Crippen LogP contribution in [0.5, 0.6) is 5.75 Å². The number of benzene rings is 3. The van der Waals surface area contributed by atoms with E-state index in [1.54, 1.807) is 12.4 Å². The minimum Gasteiger partial charge on any atom is -0.506 e. The number of para-hydroxylation sites is 1. The Morgan fingerprint density at radius 2 is 1.66 bits per heavy atom. The Bertz CT molecular complexity index is 1550. The summed E-state index contributed by atoms with van der Waals surface area (Å²) in [6.07, 6.45) is 4.87. The first kappa shape index (κ1) is 21.0. The molecule has 0 saturated heterocycles. The van der Waals surface area contributed by atoms with Crippen LogP contribution in [-0.2, 0) is 0 Å². The van der Waals surface area contributed by atoms with Crippen LogP contribution >= 0.6 is 0 Å². The van der Waals surface area contributed by atoms with Crippen molar-refractivity contribution in [1.82, 2.24) is 9.97 Å². The molecule has 6 heteroatoms. The van der Waals surface area contributed by atoms with Gasteiger partial charge in [0.25, 0.3) is 0 Å². The summed E-state index contributed by atoms with van der Waals surface area (Å²) >= 11 is 0. The summed E-state index contributed by atoms with van der Waals surface area (Å²) in [5, 5.41) is 11.7. The lowest BCUT2D eigenvalue weighted by molar-refractivity contribution is 0.326. The maximum absolute atomic E-state index is 10.7. The van der Waals surface area contributed by atoms with Crippen molar-refractivity contribution in [1.29, 1.82) is 0 Å². The first-order chi connectivity index (χ1) is 17.2. The fraction of sp³-hybridized carbons (Fsp3) is 0.103. The molecule has 7 rings (SSSR count). The molecule has 5 aromatic rings. The van der Waals surface area contributed by atoms with E-state index >= 15 is 0 Å². The number of H-pyrrole nitrogens is 1. The second-order valence-electron chi connectivity index (χ2n) is 8.45. The van der Waals surface area contributed by atoms with Gasteiger partial charge in [-0.25, -0.2) is 4.98 Å². The summed E-state index contributed by atoms with van der Waals surface area (Å²) in [4.78, 5) is 12.0. The molecule has 172 valence electrons. The van der Waals surface area contributed by atoms with E-state index in [0.29, 0.717) is 23.8 Å². The molecule has 0 amide bonds. The third kappa shape index (κ3) is 3.69. The number of fused-ring (bicyclic) bond motifs is 3. The summed E-state index contributed by atoms with van der Waals surface area (Å²) < 4.78 is 12.1. The molecule has 1 atom stereocenters. The fourth-order valence-corrected chi connectivity index (χ4v) is 4.72. The molecule has 4 heterocycles. The van der Waals surface area contributed by atoms with Crippen LogP contribution < -0.4 is 4.74 Å².